The van der Waals surface area contributed by atoms with E-state index < -0.39 is 0 Å². The summed E-state index contributed by atoms with van der Waals surface area (Å²) in [6.07, 6.45) is 2.89. The monoisotopic (exact) mass is 436 g/mol. The van der Waals surface area contributed by atoms with E-state index in [0.717, 1.165) is 52.7 Å². The molecular weight excluding hydrogens is 411 g/mol. The first-order valence-electron chi connectivity index (χ1n) is 10.7. The van der Waals surface area contributed by atoms with Crippen LogP contribution in [-0.4, -0.2) is 28.7 Å². The molecule has 1 aliphatic rings. The predicted octanol–water partition coefficient (Wildman–Crippen LogP) is 5.90. The van der Waals surface area contributed by atoms with E-state index in [1.807, 2.05) is 30.7 Å². The second-order valence-corrected chi connectivity index (χ2v) is 8.02. The molecule has 166 valence electrons. The Kier molecular flexibility index (Phi) is 5.30. The van der Waals surface area contributed by atoms with E-state index in [9.17, 15) is 4.39 Å². The number of ether oxygens (including phenoxy) is 2. The average molecular weight is 436 g/mol. The van der Waals surface area contributed by atoms with Gasteiger partial charge in [0.2, 0.25) is 0 Å². The van der Waals surface area contributed by atoms with Gasteiger partial charge in [0.15, 0.2) is 12.0 Å². The third-order valence-electron chi connectivity index (χ3n) is 5.87. The number of anilines is 2. The van der Waals surface area contributed by atoms with Crippen LogP contribution in [0.3, 0.4) is 0 Å². The molecule has 0 amide bonds. The smallest absolute Gasteiger partial charge is 0.160 e. The van der Waals surface area contributed by atoms with Crippen molar-refractivity contribution in [1.29, 1.82) is 0 Å². The van der Waals surface area contributed by atoms with Crippen molar-refractivity contribution in [2.24, 2.45) is 0 Å². The molecule has 2 aromatic carbocycles. The second kappa shape index (κ2) is 8.27. The van der Waals surface area contributed by atoms with E-state index in [2.05, 4.69) is 16.5 Å². The highest BCUT2D eigenvalue weighted by Crippen LogP contribution is 2.37. The molecule has 3 heterocycles. The molecule has 1 N–H and O–H groups in total. The molecule has 1 saturated heterocycles. The fourth-order valence-corrected chi connectivity index (χ4v) is 4.31. The molecule has 0 spiro atoms. The van der Waals surface area contributed by atoms with Gasteiger partial charge in [-0.05, 0) is 62.9 Å². The minimum atomic E-state index is -0.359. The normalized spacial score (nSPS) is 16.4. The van der Waals surface area contributed by atoms with Crippen molar-refractivity contribution in [3.63, 3.8) is 0 Å². The highest BCUT2D eigenvalue weighted by Gasteiger charge is 2.23. The van der Waals surface area contributed by atoms with Crippen molar-refractivity contribution in [3.05, 3.63) is 53.7 Å². The van der Waals surface area contributed by atoms with E-state index in [1.54, 1.807) is 6.07 Å². The average Bonchev–Trinajstić information content (AvgIpc) is 3.34. The number of nitrogens with zero attached hydrogens (tertiary/aromatic N) is 3. The van der Waals surface area contributed by atoms with Gasteiger partial charge >= 0.3 is 0 Å². The summed E-state index contributed by atoms with van der Waals surface area (Å²) in [4.78, 5) is 0. The molecule has 1 fully saturated rings. The van der Waals surface area contributed by atoms with Crippen molar-refractivity contribution in [2.45, 2.75) is 39.3 Å². The quantitative estimate of drug-likeness (QED) is 0.420. The summed E-state index contributed by atoms with van der Waals surface area (Å²) in [6.45, 7) is 4.56. The zero-order valence-electron chi connectivity index (χ0n) is 18.3. The molecule has 32 heavy (non-hydrogen) atoms. The van der Waals surface area contributed by atoms with Crippen LogP contribution in [0.4, 0.5) is 15.9 Å². The lowest BCUT2D eigenvalue weighted by Gasteiger charge is -2.23. The minimum Gasteiger partial charge on any atom is -0.494 e. The van der Waals surface area contributed by atoms with Gasteiger partial charge in [-0.1, -0.05) is 11.2 Å². The van der Waals surface area contributed by atoms with Gasteiger partial charge in [-0.15, -0.1) is 0 Å². The Morgan fingerprint density at radius 1 is 1.16 bits per heavy atom. The SMILES string of the molecule is COc1cc(F)ccc1Nc1nn(C2CCCCO2)c2cc(-c3c(C)noc3C)ccc12. The maximum atomic E-state index is 13.7. The van der Waals surface area contributed by atoms with Crippen molar-refractivity contribution < 1.29 is 18.4 Å². The first-order valence-corrected chi connectivity index (χ1v) is 10.7. The lowest BCUT2D eigenvalue weighted by atomic mass is 10.0. The van der Waals surface area contributed by atoms with Crippen LogP contribution in [0.1, 0.15) is 36.9 Å². The topological polar surface area (TPSA) is 74.3 Å². The standard InChI is InChI=1S/C24H25FN4O3/c1-14-23(15(2)32-28-14)16-7-9-18-20(12-16)29(22-6-4-5-11-31-22)27-24(18)26-19-10-8-17(25)13-21(19)30-3/h7-10,12-13,22H,4-6,11H2,1-3H3,(H,26,27). The van der Waals surface area contributed by atoms with Gasteiger partial charge in [-0.2, -0.15) is 5.10 Å². The number of methoxy groups -OCH3 is 1. The summed E-state index contributed by atoms with van der Waals surface area (Å²) >= 11 is 0. The second-order valence-electron chi connectivity index (χ2n) is 8.02. The van der Waals surface area contributed by atoms with Crippen LogP contribution < -0.4 is 10.1 Å². The van der Waals surface area contributed by atoms with Gasteiger partial charge in [-0.3, -0.25) is 0 Å². The Bertz CT molecular complexity index is 1250. The van der Waals surface area contributed by atoms with Crippen molar-refractivity contribution in [1.82, 2.24) is 14.9 Å². The van der Waals surface area contributed by atoms with E-state index in [-0.39, 0.29) is 12.0 Å². The largest absolute Gasteiger partial charge is 0.494 e. The third kappa shape index (κ3) is 3.60. The lowest BCUT2D eigenvalue weighted by Crippen LogP contribution is -2.19. The molecule has 0 radical (unpaired) electrons. The number of hydrogen-bond donors (Lipinski definition) is 1. The number of nitrogens with one attached hydrogen (secondary N) is 1. The van der Waals surface area contributed by atoms with Gasteiger partial charge in [0, 0.05) is 23.6 Å². The number of halogens is 1. The predicted molar refractivity (Wildman–Crippen MR) is 120 cm³/mol. The Balaban J connectivity index is 1.64. The van der Waals surface area contributed by atoms with Gasteiger partial charge in [0.25, 0.3) is 0 Å². The zero-order valence-corrected chi connectivity index (χ0v) is 18.3. The van der Waals surface area contributed by atoms with Crippen molar-refractivity contribution in [2.75, 3.05) is 19.0 Å². The summed E-state index contributed by atoms with van der Waals surface area (Å²) in [7, 11) is 1.52. The van der Waals surface area contributed by atoms with Gasteiger partial charge in [0.05, 0.1) is 24.0 Å². The summed E-state index contributed by atoms with van der Waals surface area (Å²) in [5.41, 5.74) is 4.42. The van der Waals surface area contributed by atoms with Crippen LogP contribution in [0, 0.1) is 19.7 Å². The number of aromatic nitrogens is 3. The Morgan fingerprint density at radius 2 is 2.03 bits per heavy atom. The van der Waals surface area contributed by atoms with E-state index in [4.69, 9.17) is 19.1 Å². The maximum absolute atomic E-state index is 13.7. The number of aryl methyl sites for hydroxylation is 2. The fourth-order valence-electron chi connectivity index (χ4n) is 4.31. The minimum absolute atomic E-state index is 0.142. The highest BCUT2D eigenvalue weighted by atomic mass is 19.1. The molecule has 1 aliphatic heterocycles. The molecule has 1 unspecified atom stereocenters. The molecule has 1 atom stereocenters. The molecule has 0 saturated carbocycles. The third-order valence-corrected chi connectivity index (χ3v) is 5.87. The first-order chi connectivity index (χ1) is 15.5. The van der Waals surface area contributed by atoms with Crippen molar-refractivity contribution in [3.8, 4) is 16.9 Å². The first kappa shape index (κ1) is 20.5. The van der Waals surface area contributed by atoms with Gasteiger partial charge < -0.3 is 19.3 Å². The zero-order chi connectivity index (χ0) is 22.2. The van der Waals surface area contributed by atoms with Gasteiger partial charge in [0.1, 0.15) is 17.3 Å². The van der Waals surface area contributed by atoms with Crippen LogP contribution in [0.15, 0.2) is 40.9 Å². The van der Waals surface area contributed by atoms with Crippen LogP contribution in [0.2, 0.25) is 0 Å². The lowest BCUT2D eigenvalue weighted by molar-refractivity contribution is -0.0365. The van der Waals surface area contributed by atoms with Crippen LogP contribution >= 0.6 is 0 Å². The van der Waals surface area contributed by atoms with Crippen LogP contribution in [0.25, 0.3) is 22.0 Å². The number of rotatable bonds is 5. The molecule has 0 bridgehead atoms. The molecule has 2 aromatic heterocycles. The van der Waals surface area contributed by atoms with Crippen LogP contribution in [0.5, 0.6) is 5.75 Å². The highest BCUT2D eigenvalue weighted by molar-refractivity contribution is 5.95. The molecule has 5 rings (SSSR count). The molecule has 4 aromatic rings. The summed E-state index contributed by atoms with van der Waals surface area (Å²) in [5.74, 6) is 1.48. The molecular formula is C24H25FN4O3. The molecule has 7 nitrogen and oxygen atoms in total. The fraction of sp³-hybridized carbons (Fsp3) is 0.333. The van der Waals surface area contributed by atoms with Crippen LogP contribution in [-0.2, 0) is 4.74 Å². The van der Waals surface area contributed by atoms with Crippen molar-refractivity contribution >= 4 is 22.4 Å². The van der Waals surface area contributed by atoms with Gasteiger partial charge in [-0.25, -0.2) is 9.07 Å². The molecule has 8 heteroatoms. The Hall–Kier alpha value is -3.39. The Morgan fingerprint density at radius 3 is 2.75 bits per heavy atom. The molecule has 0 aliphatic carbocycles. The number of benzene rings is 2. The summed E-state index contributed by atoms with van der Waals surface area (Å²) < 4.78 is 32.4. The van der Waals surface area contributed by atoms with E-state index in [0.29, 0.717) is 23.9 Å². The Labute approximate surface area is 185 Å². The van der Waals surface area contributed by atoms with E-state index >= 15 is 0 Å². The number of fused-ring (bicyclic) bond motifs is 1. The summed E-state index contributed by atoms with van der Waals surface area (Å²) in [5, 5.41) is 13.2. The number of hydrogen-bond acceptors (Lipinski definition) is 6. The maximum Gasteiger partial charge on any atom is 0.160 e. The van der Waals surface area contributed by atoms with E-state index in [1.165, 1.54) is 19.2 Å². The summed E-state index contributed by atoms with van der Waals surface area (Å²) in [6, 6.07) is 10.6.